The fourth-order valence-electron chi connectivity index (χ4n) is 1.86. The first kappa shape index (κ1) is 14.4. The molecule has 0 aliphatic carbocycles. The van der Waals surface area contributed by atoms with Crippen LogP contribution in [-0.2, 0) is 10.8 Å². The van der Waals surface area contributed by atoms with E-state index in [4.69, 9.17) is 5.73 Å². The molecule has 0 fully saturated rings. The second kappa shape index (κ2) is 6.92. The van der Waals surface area contributed by atoms with Crippen LogP contribution in [0.4, 0.5) is 0 Å². The molecule has 2 N–H and O–H groups in total. The lowest BCUT2D eigenvalue weighted by Gasteiger charge is -2.08. The van der Waals surface area contributed by atoms with Crippen molar-refractivity contribution in [1.29, 1.82) is 0 Å². The Hall–Kier alpha value is -0.670. The Labute approximate surface area is 107 Å². The first-order valence-electron chi connectivity index (χ1n) is 6.22. The molecular formula is C14H23NOS. The number of unbranched alkanes of at least 4 members (excludes halogenated alkanes) is 1. The van der Waals surface area contributed by atoms with Gasteiger partial charge in [0.2, 0.25) is 0 Å². The van der Waals surface area contributed by atoms with Crippen LogP contribution in [0.3, 0.4) is 0 Å². The van der Waals surface area contributed by atoms with Gasteiger partial charge in [0.15, 0.2) is 0 Å². The molecule has 96 valence electrons. The molecule has 2 nitrogen and oxygen atoms in total. The van der Waals surface area contributed by atoms with Gasteiger partial charge in [-0.25, -0.2) is 0 Å². The maximum Gasteiger partial charge on any atom is 0.0532 e. The van der Waals surface area contributed by atoms with E-state index in [1.165, 1.54) is 5.56 Å². The number of benzene rings is 1. The van der Waals surface area contributed by atoms with Crippen molar-refractivity contribution >= 4 is 10.8 Å². The van der Waals surface area contributed by atoms with E-state index >= 15 is 0 Å². The third kappa shape index (κ3) is 5.00. The Balaban J connectivity index is 2.47. The molecule has 2 unspecified atom stereocenters. The van der Waals surface area contributed by atoms with E-state index in [0.29, 0.717) is 0 Å². The van der Waals surface area contributed by atoms with Crippen molar-refractivity contribution in [3.63, 3.8) is 0 Å². The summed E-state index contributed by atoms with van der Waals surface area (Å²) in [5, 5.41) is 0. The predicted molar refractivity (Wildman–Crippen MR) is 74.7 cm³/mol. The normalized spacial score (nSPS) is 14.6. The molecule has 3 heteroatoms. The van der Waals surface area contributed by atoms with Crippen LogP contribution in [0.15, 0.2) is 23.1 Å². The van der Waals surface area contributed by atoms with Gasteiger partial charge in [-0.05, 0) is 45.2 Å². The maximum atomic E-state index is 12.1. The van der Waals surface area contributed by atoms with Gasteiger partial charge in [-0.15, -0.1) is 0 Å². The van der Waals surface area contributed by atoms with Crippen molar-refractivity contribution in [1.82, 2.24) is 0 Å². The van der Waals surface area contributed by atoms with E-state index in [-0.39, 0.29) is 6.04 Å². The van der Waals surface area contributed by atoms with Gasteiger partial charge < -0.3 is 5.73 Å². The van der Waals surface area contributed by atoms with Gasteiger partial charge in [-0.2, -0.15) is 0 Å². The van der Waals surface area contributed by atoms with Crippen LogP contribution in [0.2, 0.25) is 0 Å². The molecule has 0 aliphatic heterocycles. The number of nitrogens with two attached hydrogens (primary N) is 1. The van der Waals surface area contributed by atoms with Crippen LogP contribution >= 0.6 is 0 Å². The van der Waals surface area contributed by atoms with Gasteiger partial charge in [-0.3, -0.25) is 4.21 Å². The predicted octanol–water partition coefficient (Wildman–Crippen LogP) is 2.93. The molecule has 0 spiro atoms. The minimum absolute atomic E-state index is 0.254. The lowest BCUT2D eigenvalue weighted by molar-refractivity contribution is 0.613. The van der Waals surface area contributed by atoms with E-state index in [9.17, 15) is 4.21 Å². The zero-order chi connectivity index (χ0) is 12.8. The zero-order valence-electron chi connectivity index (χ0n) is 11.0. The molecule has 2 atom stereocenters. The molecule has 1 aromatic carbocycles. The van der Waals surface area contributed by atoms with Crippen LogP contribution in [0.25, 0.3) is 0 Å². The van der Waals surface area contributed by atoms with Crippen molar-refractivity contribution in [2.75, 3.05) is 5.75 Å². The Morgan fingerprint density at radius 1 is 1.29 bits per heavy atom. The van der Waals surface area contributed by atoms with Crippen LogP contribution < -0.4 is 5.73 Å². The molecule has 1 aromatic rings. The molecule has 0 radical (unpaired) electrons. The largest absolute Gasteiger partial charge is 0.328 e. The Morgan fingerprint density at radius 3 is 2.59 bits per heavy atom. The van der Waals surface area contributed by atoms with E-state index in [1.54, 1.807) is 0 Å². The second-order valence-electron chi connectivity index (χ2n) is 4.79. The molecule has 17 heavy (non-hydrogen) atoms. The first-order valence-corrected chi connectivity index (χ1v) is 7.54. The highest BCUT2D eigenvalue weighted by molar-refractivity contribution is 7.85. The zero-order valence-corrected chi connectivity index (χ0v) is 11.8. The highest BCUT2D eigenvalue weighted by atomic mass is 32.2. The summed E-state index contributed by atoms with van der Waals surface area (Å²) in [6.45, 7) is 6.10. The van der Waals surface area contributed by atoms with Gasteiger partial charge in [-0.1, -0.05) is 24.1 Å². The van der Waals surface area contributed by atoms with E-state index in [1.807, 2.05) is 26.0 Å². The summed E-state index contributed by atoms with van der Waals surface area (Å²) in [5.74, 6) is 0.747. The fourth-order valence-corrected chi connectivity index (χ4v) is 3.19. The van der Waals surface area contributed by atoms with Crippen molar-refractivity contribution < 1.29 is 4.21 Å². The molecule has 1 rings (SSSR count). The summed E-state index contributed by atoms with van der Waals surface area (Å²) in [6, 6.07) is 6.37. The second-order valence-corrected chi connectivity index (χ2v) is 6.33. The summed E-state index contributed by atoms with van der Waals surface area (Å²) < 4.78 is 12.1. The van der Waals surface area contributed by atoms with Gasteiger partial charge in [0.1, 0.15) is 0 Å². The molecule has 0 heterocycles. The molecule has 0 bridgehead atoms. The Bertz CT molecular complexity index is 388. The SMILES string of the molecule is Cc1ccc(S(=O)CCCCC(C)N)c(C)c1. The van der Waals surface area contributed by atoms with Gasteiger partial charge in [0, 0.05) is 16.7 Å². The lowest BCUT2D eigenvalue weighted by Crippen LogP contribution is -2.14. The quantitative estimate of drug-likeness (QED) is 0.792. The van der Waals surface area contributed by atoms with Gasteiger partial charge >= 0.3 is 0 Å². The first-order chi connectivity index (χ1) is 8.00. The van der Waals surface area contributed by atoms with Crippen molar-refractivity contribution in [2.45, 2.75) is 51.0 Å². The highest BCUT2D eigenvalue weighted by Gasteiger charge is 2.07. The molecule has 0 saturated carbocycles. The van der Waals surface area contributed by atoms with E-state index in [0.717, 1.165) is 35.5 Å². The van der Waals surface area contributed by atoms with Crippen molar-refractivity contribution in [3.8, 4) is 0 Å². The van der Waals surface area contributed by atoms with Gasteiger partial charge in [0.25, 0.3) is 0 Å². The average Bonchev–Trinajstić information content (AvgIpc) is 2.23. The topological polar surface area (TPSA) is 43.1 Å². The number of aryl methyl sites for hydroxylation is 2. The van der Waals surface area contributed by atoms with Crippen molar-refractivity contribution in [2.24, 2.45) is 5.73 Å². The fraction of sp³-hybridized carbons (Fsp3) is 0.571. The van der Waals surface area contributed by atoms with Gasteiger partial charge in [0.05, 0.1) is 10.8 Å². The average molecular weight is 253 g/mol. The van der Waals surface area contributed by atoms with E-state index in [2.05, 4.69) is 13.0 Å². The Kier molecular flexibility index (Phi) is 5.86. The van der Waals surface area contributed by atoms with Crippen LogP contribution in [0.5, 0.6) is 0 Å². The summed E-state index contributed by atoms with van der Waals surface area (Å²) in [5.41, 5.74) is 8.04. The summed E-state index contributed by atoms with van der Waals surface area (Å²) in [6.07, 6.45) is 3.07. The number of hydrogen-bond acceptors (Lipinski definition) is 2. The monoisotopic (exact) mass is 253 g/mol. The molecule has 0 saturated heterocycles. The van der Waals surface area contributed by atoms with E-state index < -0.39 is 10.8 Å². The molecular weight excluding hydrogens is 230 g/mol. The third-order valence-corrected chi connectivity index (χ3v) is 4.42. The lowest BCUT2D eigenvalue weighted by atomic mass is 10.2. The minimum Gasteiger partial charge on any atom is -0.328 e. The highest BCUT2D eigenvalue weighted by Crippen LogP contribution is 2.16. The number of hydrogen-bond donors (Lipinski definition) is 1. The molecule has 0 amide bonds. The smallest absolute Gasteiger partial charge is 0.0532 e. The molecule has 0 aromatic heterocycles. The van der Waals surface area contributed by atoms with Crippen LogP contribution in [0.1, 0.15) is 37.3 Å². The third-order valence-electron chi connectivity index (χ3n) is 2.81. The summed E-state index contributed by atoms with van der Waals surface area (Å²) in [7, 11) is -0.859. The van der Waals surface area contributed by atoms with Crippen LogP contribution in [0, 0.1) is 13.8 Å². The number of rotatable bonds is 6. The standard InChI is InChI=1S/C14H23NOS/c1-11-7-8-14(12(2)10-11)17(16)9-5-4-6-13(3)15/h7-8,10,13H,4-6,9,15H2,1-3H3. The summed E-state index contributed by atoms with van der Waals surface area (Å²) in [4.78, 5) is 0.983. The maximum absolute atomic E-state index is 12.1. The Morgan fingerprint density at radius 2 is 2.00 bits per heavy atom. The molecule has 0 aliphatic rings. The van der Waals surface area contributed by atoms with Crippen LogP contribution in [-0.4, -0.2) is 16.0 Å². The summed E-state index contributed by atoms with van der Waals surface area (Å²) >= 11 is 0. The van der Waals surface area contributed by atoms with Crippen molar-refractivity contribution in [3.05, 3.63) is 29.3 Å². The minimum atomic E-state index is -0.859.